The molecule has 1 heterocycles. The minimum absolute atomic E-state index is 0.0305. The van der Waals surface area contributed by atoms with E-state index in [-0.39, 0.29) is 17.8 Å². The minimum Gasteiger partial charge on any atom is -0.354 e. The number of carbonyl (C=O) groups is 1. The predicted molar refractivity (Wildman–Crippen MR) is 73.3 cm³/mol. The van der Waals surface area contributed by atoms with Gasteiger partial charge in [0.1, 0.15) is 5.82 Å². The van der Waals surface area contributed by atoms with Gasteiger partial charge in [0.05, 0.1) is 6.04 Å². The summed E-state index contributed by atoms with van der Waals surface area (Å²) in [5.41, 5.74) is 0.646. The Bertz CT molecular complexity index is 436. The molecular formula is C15H21FN2O. The molecule has 1 saturated heterocycles. The normalized spacial score (nSPS) is 23.1. The average molecular weight is 264 g/mol. The van der Waals surface area contributed by atoms with Gasteiger partial charge in [-0.15, -0.1) is 0 Å². The summed E-state index contributed by atoms with van der Waals surface area (Å²) in [7, 11) is 0. The van der Waals surface area contributed by atoms with Crippen LogP contribution in [0.3, 0.4) is 0 Å². The monoisotopic (exact) mass is 264 g/mol. The van der Waals surface area contributed by atoms with Gasteiger partial charge in [0.2, 0.25) is 5.91 Å². The molecule has 19 heavy (non-hydrogen) atoms. The molecule has 0 radical (unpaired) electrons. The summed E-state index contributed by atoms with van der Waals surface area (Å²) in [6.45, 7) is 3.54. The van der Waals surface area contributed by atoms with Gasteiger partial charge in [0, 0.05) is 6.54 Å². The van der Waals surface area contributed by atoms with Crippen LogP contribution in [-0.2, 0) is 11.2 Å². The van der Waals surface area contributed by atoms with Crippen LogP contribution in [0.4, 0.5) is 4.39 Å². The van der Waals surface area contributed by atoms with Crippen LogP contribution < -0.4 is 10.6 Å². The van der Waals surface area contributed by atoms with Crippen LogP contribution in [0.1, 0.15) is 25.3 Å². The molecule has 2 unspecified atom stereocenters. The average Bonchev–Trinajstić information content (AvgIpc) is 2.41. The Kier molecular flexibility index (Phi) is 4.91. The number of halogens is 1. The lowest BCUT2D eigenvalue weighted by Crippen LogP contribution is -2.48. The van der Waals surface area contributed by atoms with Crippen molar-refractivity contribution in [2.24, 2.45) is 5.92 Å². The van der Waals surface area contributed by atoms with Crippen LogP contribution in [-0.4, -0.2) is 25.0 Å². The summed E-state index contributed by atoms with van der Waals surface area (Å²) in [5, 5.41) is 6.10. The van der Waals surface area contributed by atoms with Gasteiger partial charge in [-0.3, -0.25) is 4.79 Å². The van der Waals surface area contributed by atoms with Crippen molar-refractivity contribution in [2.75, 3.05) is 13.1 Å². The SMILES string of the molecule is CC1CCNC(C(=O)NCCc2ccccc2F)C1. The summed E-state index contributed by atoms with van der Waals surface area (Å²) >= 11 is 0. The number of hydrogen-bond acceptors (Lipinski definition) is 2. The van der Waals surface area contributed by atoms with Crippen LogP contribution in [0.15, 0.2) is 24.3 Å². The van der Waals surface area contributed by atoms with E-state index >= 15 is 0 Å². The third-order valence-electron chi connectivity index (χ3n) is 3.63. The molecule has 1 aliphatic rings. The molecule has 0 aliphatic carbocycles. The summed E-state index contributed by atoms with van der Waals surface area (Å²) in [4.78, 5) is 12.0. The van der Waals surface area contributed by atoms with E-state index in [0.29, 0.717) is 24.4 Å². The second-order valence-corrected chi connectivity index (χ2v) is 5.27. The molecular weight excluding hydrogens is 243 g/mol. The molecule has 0 aromatic heterocycles. The Morgan fingerprint density at radius 1 is 1.47 bits per heavy atom. The van der Waals surface area contributed by atoms with E-state index in [4.69, 9.17) is 0 Å². The molecule has 3 nitrogen and oxygen atoms in total. The van der Waals surface area contributed by atoms with Crippen molar-refractivity contribution in [2.45, 2.75) is 32.2 Å². The van der Waals surface area contributed by atoms with Crippen LogP contribution in [0.2, 0.25) is 0 Å². The molecule has 1 aliphatic heterocycles. The number of nitrogens with one attached hydrogen (secondary N) is 2. The zero-order chi connectivity index (χ0) is 13.7. The first-order valence-electron chi connectivity index (χ1n) is 6.91. The van der Waals surface area contributed by atoms with Crippen LogP contribution in [0, 0.1) is 11.7 Å². The molecule has 0 bridgehead atoms. The van der Waals surface area contributed by atoms with Gasteiger partial charge in [-0.25, -0.2) is 4.39 Å². The molecule has 0 saturated carbocycles. The second kappa shape index (κ2) is 6.66. The van der Waals surface area contributed by atoms with E-state index in [1.54, 1.807) is 12.1 Å². The van der Waals surface area contributed by atoms with Crippen molar-refractivity contribution in [3.63, 3.8) is 0 Å². The lowest BCUT2D eigenvalue weighted by Gasteiger charge is -2.27. The Morgan fingerprint density at radius 2 is 2.26 bits per heavy atom. The summed E-state index contributed by atoms with van der Waals surface area (Å²) in [6.07, 6.45) is 2.53. The van der Waals surface area contributed by atoms with Gasteiger partial charge < -0.3 is 10.6 Å². The standard InChI is InChI=1S/C15H21FN2O/c1-11-6-8-17-14(10-11)15(19)18-9-7-12-4-2-3-5-13(12)16/h2-5,11,14,17H,6-10H2,1H3,(H,18,19). The number of amides is 1. The summed E-state index contributed by atoms with van der Waals surface area (Å²) in [6, 6.07) is 6.59. The number of carbonyl (C=O) groups excluding carboxylic acids is 1. The number of rotatable bonds is 4. The molecule has 2 atom stereocenters. The smallest absolute Gasteiger partial charge is 0.237 e. The maximum Gasteiger partial charge on any atom is 0.237 e. The predicted octanol–water partition coefficient (Wildman–Crippen LogP) is 1.87. The van der Waals surface area contributed by atoms with Crippen LogP contribution >= 0.6 is 0 Å². The van der Waals surface area contributed by atoms with Gasteiger partial charge in [-0.1, -0.05) is 25.1 Å². The van der Waals surface area contributed by atoms with Gasteiger partial charge >= 0.3 is 0 Å². The Hall–Kier alpha value is -1.42. The largest absolute Gasteiger partial charge is 0.354 e. The fourth-order valence-corrected chi connectivity index (χ4v) is 2.45. The van der Waals surface area contributed by atoms with E-state index < -0.39 is 0 Å². The third kappa shape index (κ3) is 4.03. The van der Waals surface area contributed by atoms with Crippen molar-refractivity contribution in [3.8, 4) is 0 Å². The van der Waals surface area contributed by atoms with Gasteiger partial charge in [0.25, 0.3) is 0 Å². The zero-order valence-corrected chi connectivity index (χ0v) is 11.3. The van der Waals surface area contributed by atoms with Gasteiger partial charge in [-0.05, 0) is 43.4 Å². The molecule has 104 valence electrons. The first-order valence-corrected chi connectivity index (χ1v) is 6.91. The Morgan fingerprint density at radius 3 is 3.00 bits per heavy atom. The lowest BCUT2D eigenvalue weighted by molar-refractivity contribution is -0.124. The van der Waals surface area contributed by atoms with Gasteiger partial charge in [0.15, 0.2) is 0 Å². The zero-order valence-electron chi connectivity index (χ0n) is 11.3. The van der Waals surface area contributed by atoms with Crippen molar-refractivity contribution >= 4 is 5.91 Å². The number of benzene rings is 1. The summed E-state index contributed by atoms with van der Waals surface area (Å²) < 4.78 is 13.4. The Labute approximate surface area is 113 Å². The topological polar surface area (TPSA) is 41.1 Å². The van der Waals surface area contributed by atoms with E-state index in [1.165, 1.54) is 6.07 Å². The highest BCUT2D eigenvalue weighted by Crippen LogP contribution is 2.15. The lowest BCUT2D eigenvalue weighted by atomic mass is 9.94. The van der Waals surface area contributed by atoms with Gasteiger partial charge in [-0.2, -0.15) is 0 Å². The first-order chi connectivity index (χ1) is 9.16. The molecule has 1 aromatic rings. The van der Waals surface area contributed by atoms with Crippen LogP contribution in [0.5, 0.6) is 0 Å². The highest BCUT2D eigenvalue weighted by Gasteiger charge is 2.23. The second-order valence-electron chi connectivity index (χ2n) is 5.27. The van der Waals surface area contributed by atoms with E-state index in [1.807, 2.05) is 6.07 Å². The molecule has 1 fully saturated rings. The maximum absolute atomic E-state index is 13.4. The molecule has 2 rings (SSSR count). The van der Waals surface area contributed by atoms with Crippen molar-refractivity contribution < 1.29 is 9.18 Å². The molecule has 4 heteroatoms. The van der Waals surface area contributed by atoms with Crippen molar-refractivity contribution in [1.82, 2.24) is 10.6 Å². The quantitative estimate of drug-likeness (QED) is 0.871. The minimum atomic E-state index is -0.207. The number of piperidine rings is 1. The first kappa shape index (κ1) is 14.0. The summed E-state index contributed by atoms with van der Waals surface area (Å²) in [5.74, 6) is 0.410. The fourth-order valence-electron chi connectivity index (χ4n) is 2.45. The molecule has 2 N–H and O–H groups in total. The van der Waals surface area contributed by atoms with E-state index in [9.17, 15) is 9.18 Å². The van der Waals surface area contributed by atoms with E-state index in [0.717, 1.165) is 19.4 Å². The highest BCUT2D eigenvalue weighted by molar-refractivity contribution is 5.81. The highest BCUT2D eigenvalue weighted by atomic mass is 19.1. The fraction of sp³-hybridized carbons (Fsp3) is 0.533. The third-order valence-corrected chi connectivity index (χ3v) is 3.63. The Balaban J connectivity index is 1.76. The number of hydrogen-bond donors (Lipinski definition) is 2. The van der Waals surface area contributed by atoms with Crippen LogP contribution in [0.25, 0.3) is 0 Å². The molecule has 0 spiro atoms. The van der Waals surface area contributed by atoms with E-state index in [2.05, 4.69) is 17.6 Å². The van der Waals surface area contributed by atoms with Crippen molar-refractivity contribution in [1.29, 1.82) is 0 Å². The molecule has 1 aromatic carbocycles. The molecule has 1 amide bonds. The maximum atomic E-state index is 13.4. The van der Waals surface area contributed by atoms with Crippen molar-refractivity contribution in [3.05, 3.63) is 35.6 Å².